The van der Waals surface area contributed by atoms with Gasteiger partial charge in [-0.1, -0.05) is 0 Å². The molecule has 34 heavy (non-hydrogen) atoms. The van der Waals surface area contributed by atoms with Crippen LogP contribution in [0.25, 0.3) is 0 Å². The highest BCUT2D eigenvalue weighted by Crippen LogP contribution is 2.53. The summed E-state index contributed by atoms with van der Waals surface area (Å²) in [5, 5.41) is 0. The number of nitrogens with zero attached hydrogens (tertiary/aromatic N) is 2. The maximum atomic E-state index is 12.3. The fraction of sp³-hybridized carbons (Fsp3) is 0.857. The highest BCUT2D eigenvalue weighted by atomic mass is 35.5. The molecule has 4 heterocycles. The molecule has 0 aromatic rings. The van der Waals surface area contributed by atoms with Crippen LogP contribution in [0.1, 0.15) is 33.6 Å². The first-order valence-corrected chi connectivity index (χ1v) is 15.3. The van der Waals surface area contributed by atoms with Crippen molar-refractivity contribution >= 4 is 76.9 Å². The van der Waals surface area contributed by atoms with Crippen molar-refractivity contribution in [2.24, 2.45) is 0 Å². The topological polar surface area (TPSA) is 85.4 Å². The molecule has 1 amide bonds. The Morgan fingerprint density at radius 2 is 1.26 bits per heavy atom. The Morgan fingerprint density at radius 3 is 1.74 bits per heavy atom. The molecule has 2 spiro atoms. The van der Waals surface area contributed by atoms with Gasteiger partial charge in [-0.2, -0.15) is 0 Å². The zero-order valence-electron chi connectivity index (χ0n) is 20.2. The highest BCUT2D eigenvalue weighted by molar-refractivity contribution is 8.21. The third-order valence-electron chi connectivity index (χ3n) is 5.73. The number of thioether (sulfide) groups is 4. The van der Waals surface area contributed by atoms with Crippen molar-refractivity contribution in [2.75, 3.05) is 50.3 Å². The summed E-state index contributed by atoms with van der Waals surface area (Å²) >= 11 is 13.5. The zero-order valence-corrected chi connectivity index (χ0v) is 24.2. The Labute approximate surface area is 223 Å². The number of esters is 2. The van der Waals surface area contributed by atoms with Gasteiger partial charge in [0.15, 0.2) is 0 Å². The van der Waals surface area contributed by atoms with Crippen molar-refractivity contribution in [3.63, 3.8) is 0 Å². The molecule has 0 N–H and O–H groups in total. The van der Waals surface area contributed by atoms with E-state index in [1.807, 2.05) is 67.8 Å². The quantitative estimate of drug-likeness (QED) is 0.274. The average molecular weight is 573 g/mol. The van der Waals surface area contributed by atoms with Gasteiger partial charge in [0, 0.05) is 42.5 Å². The Morgan fingerprint density at radius 1 is 0.824 bits per heavy atom. The van der Waals surface area contributed by atoms with Gasteiger partial charge in [-0.25, -0.2) is 14.0 Å². The predicted molar refractivity (Wildman–Crippen MR) is 142 cm³/mol. The smallest absolute Gasteiger partial charge is 0.411 e. The first-order chi connectivity index (χ1) is 15.9. The number of rotatable bonds is 2. The lowest BCUT2D eigenvalue weighted by Gasteiger charge is -2.27. The van der Waals surface area contributed by atoms with Crippen molar-refractivity contribution < 1.29 is 28.6 Å². The third kappa shape index (κ3) is 6.79. The monoisotopic (exact) mass is 572 g/mol. The maximum Gasteiger partial charge on any atom is 0.411 e. The molecule has 0 aromatic heterocycles. The number of methoxy groups -OCH3 is 2. The summed E-state index contributed by atoms with van der Waals surface area (Å²) < 4.78 is 16.6. The number of hydrogen-bond acceptors (Lipinski definition) is 11. The van der Waals surface area contributed by atoms with Crippen LogP contribution in [-0.2, 0) is 23.8 Å². The molecule has 13 heteroatoms. The summed E-state index contributed by atoms with van der Waals surface area (Å²) in [6, 6.07) is -0.798. The second kappa shape index (κ2) is 11.5. The molecule has 194 valence electrons. The minimum absolute atomic E-state index is 0.0736. The van der Waals surface area contributed by atoms with Gasteiger partial charge in [0.2, 0.25) is 0 Å². The fourth-order valence-corrected chi connectivity index (χ4v) is 11.2. The lowest BCUT2D eigenvalue weighted by atomic mass is 10.2. The highest BCUT2D eigenvalue weighted by Gasteiger charge is 2.53. The van der Waals surface area contributed by atoms with E-state index in [0.29, 0.717) is 13.0 Å². The van der Waals surface area contributed by atoms with Crippen LogP contribution in [0, 0.1) is 0 Å². The number of amides is 1. The summed E-state index contributed by atoms with van der Waals surface area (Å²) in [5.41, 5.74) is -0.566. The maximum absolute atomic E-state index is 12.3. The van der Waals surface area contributed by atoms with Crippen LogP contribution in [0.5, 0.6) is 0 Å². The van der Waals surface area contributed by atoms with Crippen LogP contribution < -0.4 is 0 Å². The van der Waals surface area contributed by atoms with Gasteiger partial charge in [-0.15, -0.1) is 47.0 Å². The zero-order chi connectivity index (χ0) is 25.1. The average Bonchev–Trinajstić information content (AvgIpc) is 3.56. The van der Waals surface area contributed by atoms with E-state index in [9.17, 15) is 14.4 Å². The molecule has 0 saturated carbocycles. The van der Waals surface area contributed by atoms with E-state index in [2.05, 4.69) is 0 Å². The minimum Gasteiger partial charge on any atom is -0.468 e. The van der Waals surface area contributed by atoms with E-state index < -0.39 is 17.7 Å². The van der Waals surface area contributed by atoms with E-state index in [1.54, 1.807) is 4.42 Å². The molecule has 0 radical (unpaired) electrons. The number of carbonyl (C=O) groups excluding carboxylic acids is 3. The number of hydrogen-bond donors (Lipinski definition) is 0. The first-order valence-electron chi connectivity index (χ1n) is 11.1. The molecular weight excluding hydrogens is 540 g/mol. The Kier molecular flexibility index (Phi) is 9.61. The van der Waals surface area contributed by atoms with Crippen LogP contribution in [-0.4, -0.2) is 104 Å². The molecule has 4 fully saturated rings. The summed E-state index contributed by atoms with van der Waals surface area (Å²) in [6.45, 7) is 6.77. The normalized spacial score (nSPS) is 27.5. The van der Waals surface area contributed by atoms with E-state index in [1.165, 1.54) is 19.1 Å². The van der Waals surface area contributed by atoms with Gasteiger partial charge < -0.3 is 14.2 Å². The fourth-order valence-electron chi connectivity index (χ4n) is 4.24. The molecule has 0 unspecified atom stereocenters. The number of likely N-dealkylation sites (tertiary alicyclic amines) is 1. The van der Waals surface area contributed by atoms with Crippen molar-refractivity contribution in [2.45, 2.75) is 59.5 Å². The van der Waals surface area contributed by atoms with Gasteiger partial charge in [0.1, 0.15) is 17.7 Å². The van der Waals surface area contributed by atoms with Crippen molar-refractivity contribution in [1.82, 2.24) is 9.32 Å². The van der Waals surface area contributed by atoms with Crippen LogP contribution in [0.15, 0.2) is 0 Å². The van der Waals surface area contributed by atoms with E-state index in [-0.39, 0.29) is 26.1 Å². The molecule has 4 saturated heterocycles. The van der Waals surface area contributed by atoms with Gasteiger partial charge >= 0.3 is 18.0 Å². The molecule has 4 aliphatic heterocycles. The Bertz CT molecular complexity index is 771. The molecule has 4 rings (SSSR count). The second-order valence-corrected chi connectivity index (χ2v) is 16.2. The van der Waals surface area contributed by atoms with Crippen molar-refractivity contribution in [3.8, 4) is 0 Å². The van der Waals surface area contributed by atoms with Crippen LogP contribution in [0.3, 0.4) is 0 Å². The Hall–Kier alpha value is -0.140. The number of carbonyl (C=O) groups is 3. The SMILES string of the molecule is COC(=O)[C@@H]1CC2(CN1C(=O)OC(C)(C)C)SCCS2.COC(=O)[C@@H]1CC2(CN1Cl)SCCS2. The van der Waals surface area contributed by atoms with Crippen molar-refractivity contribution in [3.05, 3.63) is 0 Å². The number of ether oxygens (including phenoxy) is 3. The summed E-state index contributed by atoms with van der Waals surface area (Å²) in [6.07, 6.45) is 1.00. The van der Waals surface area contributed by atoms with Crippen LogP contribution in [0.4, 0.5) is 4.79 Å². The molecule has 0 bridgehead atoms. The van der Waals surface area contributed by atoms with E-state index >= 15 is 0 Å². The van der Waals surface area contributed by atoms with Crippen LogP contribution in [0.2, 0.25) is 0 Å². The molecular formula is C21H33ClN2O6S4. The molecule has 2 atom stereocenters. The molecule has 4 aliphatic rings. The lowest BCUT2D eigenvalue weighted by Crippen LogP contribution is -2.44. The summed E-state index contributed by atoms with van der Waals surface area (Å²) in [5.74, 6) is 3.85. The van der Waals surface area contributed by atoms with Crippen LogP contribution >= 0.6 is 58.8 Å². The van der Waals surface area contributed by atoms with Gasteiger partial charge in [0.25, 0.3) is 0 Å². The molecule has 0 aliphatic carbocycles. The van der Waals surface area contributed by atoms with E-state index in [0.717, 1.165) is 36.0 Å². The summed E-state index contributed by atoms with van der Waals surface area (Å²) in [7, 11) is 2.77. The standard InChI is InChI=1S/C13H21NO4S2.C8H12ClNO2S2/c1-12(2,3)18-11(16)14-8-13(19-5-6-20-13)7-9(14)10(15)17-4;1-12-7(11)6-4-8(5-10(6)9)13-2-3-14-8/h9H,5-8H2,1-4H3;6H,2-5H2,1H3/t9-;6-/m00/s1. The lowest BCUT2D eigenvalue weighted by molar-refractivity contribution is -0.146. The first kappa shape index (κ1) is 28.4. The molecule has 8 nitrogen and oxygen atoms in total. The number of halogens is 1. The van der Waals surface area contributed by atoms with Gasteiger partial charge in [0.05, 0.1) is 22.4 Å². The van der Waals surface area contributed by atoms with E-state index in [4.69, 9.17) is 26.0 Å². The third-order valence-corrected chi connectivity index (χ3v) is 12.9. The molecule has 0 aromatic carbocycles. The largest absolute Gasteiger partial charge is 0.468 e. The van der Waals surface area contributed by atoms with Gasteiger partial charge in [-0.05, 0) is 39.0 Å². The minimum atomic E-state index is -0.566. The predicted octanol–water partition coefficient (Wildman–Crippen LogP) is 3.91. The van der Waals surface area contributed by atoms with Gasteiger partial charge in [-0.3, -0.25) is 9.69 Å². The Balaban J connectivity index is 0.000000202. The summed E-state index contributed by atoms with van der Waals surface area (Å²) in [4.78, 5) is 37.2. The second-order valence-electron chi connectivity index (χ2n) is 9.37. The van der Waals surface area contributed by atoms with Crippen molar-refractivity contribution in [1.29, 1.82) is 0 Å².